The summed E-state index contributed by atoms with van der Waals surface area (Å²) in [5.41, 5.74) is 7.80. The van der Waals surface area contributed by atoms with E-state index in [0.29, 0.717) is 0 Å². The van der Waals surface area contributed by atoms with E-state index in [4.69, 9.17) is 15.2 Å². The van der Waals surface area contributed by atoms with Crippen molar-refractivity contribution in [2.75, 3.05) is 20.8 Å². The van der Waals surface area contributed by atoms with Gasteiger partial charge < -0.3 is 15.2 Å². The van der Waals surface area contributed by atoms with Crippen LogP contribution >= 0.6 is 0 Å². The summed E-state index contributed by atoms with van der Waals surface area (Å²) >= 11 is 0. The van der Waals surface area contributed by atoms with Gasteiger partial charge in [-0.1, -0.05) is 6.07 Å². The molecule has 0 radical (unpaired) electrons. The number of hydrogen-bond donors (Lipinski definition) is 1. The molecule has 90 valence electrons. The lowest BCUT2D eigenvalue weighted by atomic mass is 10.0. The maximum absolute atomic E-state index is 5.50. The first kappa shape index (κ1) is 12.8. The highest BCUT2D eigenvalue weighted by atomic mass is 16.5. The van der Waals surface area contributed by atoms with Crippen LogP contribution in [0.25, 0.3) is 0 Å². The predicted molar refractivity (Wildman–Crippen MR) is 66.3 cm³/mol. The third-order valence-electron chi connectivity index (χ3n) is 2.72. The Bertz CT molecular complexity index is 337. The Hall–Kier alpha value is -1.22. The lowest BCUT2D eigenvalue weighted by molar-refractivity contribution is 0.382. The smallest absolute Gasteiger partial charge is 0.128 e. The first-order valence-electron chi connectivity index (χ1n) is 5.65. The number of aryl methyl sites for hydroxylation is 1. The number of nitrogens with two attached hydrogens (primary N) is 1. The number of unbranched alkanes of at least 4 members (excludes halogenated alkanes) is 1. The van der Waals surface area contributed by atoms with E-state index < -0.39 is 0 Å². The van der Waals surface area contributed by atoms with Crippen LogP contribution in [0.3, 0.4) is 0 Å². The minimum absolute atomic E-state index is 0.733. The summed E-state index contributed by atoms with van der Waals surface area (Å²) in [7, 11) is 3.39. The highest BCUT2D eigenvalue weighted by Gasteiger charge is 2.11. The molecule has 0 heterocycles. The molecule has 0 aromatic heterocycles. The number of rotatable bonds is 6. The topological polar surface area (TPSA) is 44.5 Å². The van der Waals surface area contributed by atoms with E-state index in [1.165, 1.54) is 0 Å². The summed E-state index contributed by atoms with van der Waals surface area (Å²) < 4.78 is 10.8. The second-order valence-corrected chi connectivity index (χ2v) is 3.84. The Morgan fingerprint density at radius 2 is 1.88 bits per heavy atom. The third-order valence-corrected chi connectivity index (χ3v) is 2.72. The van der Waals surface area contributed by atoms with E-state index in [-0.39, 0.29) is 0 Å². The Morgan fingerprint density at radius 3 is 2.44 bits per heavy atom. The SMILES string of the molecule is COc1ccc(C)c(OC)c1CCCCN. The van der Waals surface area contributed by atoms with Crippen molar-refractivity contribution in [2.45, 2.75) is 26.2 Å². The molecule has 3 heteroatoms. The van der Waals surface area contributed by atoms with Crippen molar-refractivity contribution in [3.63, 3.8) is 0 Å². The second-order valence-electron chi connectivity index (χ2n) is 3.84. The van der Waals surface area contributed by atoms with Crippen molar-refractivity contribution < 1.29 is 9.47 Å². The third kappa shape index (κ3) is 2.89. The van der Waals surface area contributed by atoms with E-state index in [1.807, 2.05) is 19.1 Å². The van der Waals surface area contributed by atoms with Gasteiger partial charge in [0.05, 0.1) is 14.2 Å². The largest absolute Gasteiger partial charge is 0.496 e. The monoisotopic (exact) mass is 223 g/mol. The molecule has 0 aliphatic heterocycles. The molecule has 1 rings (SSSR count). The zero-order valence-electron chi connectivity index (χ0n) is 10.4. The Balaban J connectivity index is 2.95. The van der Waals surface area contributed by atoms with Gasteiger partial charge in [0.25, 0.3) is 0 Å². The van der Waals surface area contributed by atoms with E-state index in [0.717, 1.165) is 48.4 Å². The summed E-state index contributed by atoms with van der Waals surface area (Å²) in [6, 6.07) is 4.01. The van der Waals surface area contributed by atoms with Crippen LogP contribution in [-0.2, 0) is 6.42 Å². The second kappa shape index (κ2) is 6.38. The Labute approximate surface area is 97.6 Å². The number of ether oxygens (including phenoxy) is 2. The summed E-state index contributed by atoms with van der Waals surface area (Å²) in [6.07, 6.45) is 3.04. The van der Waals surface area contributed by atoms with Crippen molar-refractivity contribution >= 4 is 0 Å². The van der Waals surface area contributed by atoms with Crippen LogP contribution in [0.15, 0.2) is 12.1 Å². The maximum atomic E-state index is 5.50. The van der Waals surface area contributed by atoms with Crippen molar-refractivity contribution in [1.29, 1.82) is 0 Å². The van der Waals surface area contributed by atoms with Gasteiger partial charge in [-0.2, -0.15) is 0 Å². The van der Waals surface area contributed by atoms with E-state index >= 15 is 0 Å². The van der Waals surface area contributed by atoms with E-state index in [1.54, 1.807) is 14.2 Å². The van der Waals surface area contributed by atoms with Crippen molar-refractivity contribution in [1.82, 2.24) is 0 Å². The highest BCUT2D eigenvalue weighted by Crippen LogP contribution is 2.32. The molecule has 0 bridgehead atoms. The van der Waals surface area contributed by atoms with Gasteiger partial charge in [0.1, 0.15) is 11.5 Å². The van der Waals surface area contributed by atoms with Crippen LogP contribution in [0.4, 0.5) is 0 Å². The highest BCUT2D eigenvalue weighted by molar-refractivity contribution is 5.49. The molecule has 2 N–H and O–H groups in total. The minimum atomic E-state index is 0.733. The fourth-order valence-corrected chi connectivity index (χ4v) is 1.89. The molecule has 0 fully saturated rings. The average Bonchev–Trinajstić information content (AvgIpc) is 2.30. The summed E-state index contributed by atoms with van der Waals surface area (Å²) in [5.74, 6) is 1.84. The molecular weight excluding hydrogens is 202 g/mol. The molecule has 0 aliphatic carbocycles. The lowest BCUT2D eigenvalue weighted by Gasteiger charge is -2.15. The molecule has 16 heavy (non-hydrogen) atoms. The Kier molecular flexibility index (Phi) is 5.12. The van der Waals surface area contributed by atoms with Gasteiger partial charge in [-0.3, -0.25) is 0 Å². The quantitative estimate of drug-likeness (QED) is 0.753. The zero-order chi connectivity index (χ0) is 12.0. The van der Waals surface area contributed by atoms with Crippen molar-refractivity contribution in [2.24, 2.45) is 5.73 Å². The first-order valence-corrected chi connectivity index (χ1v) is 5.65. The molecule has 0 unspecified atom stereocenters. The van der Waals surface area contributed by atoms with Crippen molar-refractivity contribution in [3.8, 4) is 11.5 Å². The molecule has 0 amide bonds. The Morgan fingerprint density at radius 1 is 1.12 bits per heavy atom. The number of methoxy groups -OCH3 is 2. The summed E-state index contributed by atoms with van der Waals surface area (Å²) in [6.45, 7) is 2.78. The number of hydrogen-bond acceptors (Lipinski definition) is 3. The van der Waals surface area contributed by atoms with Crippen LogP contribution < -0.4 is 15.2 Å². The van der Waals surface area contributed by atoms with Crippen molar-refractivity contribution in [3.05, 3.63) is 23.3 Å². The maximum Gasteiger partial charge on any atom is 0.128 e. The van der Waals surface area contributed by atoms with Crippen LogP contribution in [0.2, 0.25) is 0 Å². The van der Waals surface area contributed by atoms with E-state index in [2.05, 4.69) is 0 Å². The lowest BCUT2D eigenvalue weighted by Crippen LogP contribution is -2.02. The summed E-state index contributed by atoms with van der Waals surface area (Å²) in [4.78, 5) is 0. The average molecular weight is 223 g/mol. The van der Waals surface area contributed by atoms with Crippen LogP contribution in [0.5, 0.6) is 11.5 Å². The predicted octanol–water partition coefficient (Wildman–Crippen LogP) is 2.29. The van der Waals surface area contributed by atoms with Gasteiger partial charge >= 0.3 is 0 Å². The van der Waals surface area contributed by atoms with Crippen LogP contribution in [-0.4, -0.2) is 20.8 Å². The van der Waals surface area contributed by atoms with Gasteiger partial charge in [-0.15, -0.1) is 0 Å². The van der Waals surface area contributed by atoms with Gasteiger partial charge in [-0.25, -0.2) is 0 Å². The molecular formula is C13H21NO2. The normalized spacial score (nSPS) is 10.2. The molecule has 0 saturated carbocycles. The standard InChI is InChI=1S/C13H21NO2/c1-10-7-8-12(15-2)11(13(10)16-3)6-4-5-9-14/h7-8H,4-6,9,14H2,1-3H3. The first-order chi connectivity index (χ1) is 7.74. The minimum Gasteiger partial charge on any atom is -0.496 e. The van der Waals surface area contributed by atoms with Crippen LogP contribution in [0, 0.1) is 6.92 Å². The van der Waals surface area contributed by atoms with Crippen LogP contribution in [0.1, 0.15) is 24.0 Å². The molecule has 3 nitrogen and oxygen atoms in total. The molecule has 0 atom stereocenters. The molecule has 1 aromatic carbocycles. The fourth-order valence-electron chi connectivity index (χ4n) is 1.89. The van der Waals surface area contributed by atoms with Gasteiger partial charge in [0, 0.05) is 5.56 Å². The summed E-state index contributed by atoms with van der Waals surface area (Å²) in [5, 5.41) is 0. The molecule has 1 aromatic rings. The number of benzene rings is 1. The fraction of sp³-hybridized carbons (Fsp3) is 0.538. The van der Waals surface area contributed by atoms with E-state index in [9.17, 15) is 0 Å². The molecule has 0 saturated heterocycles. The van der Waals surface area contributed by atoms with Gasteiger partial charge in [0.15, 0.2) is 0 Å². The van der Waals surface area contributed by atoms with Gasteiger partial charge in [-0.05, 0) is 44.4 Å². The molecule has 0 aliphatic rings. The zero-order valence-corrected chi connectivity index (χ0v) is 10.4. The van der Waals surface area contributed by atoms with Gasteiger partial charge in [0.2, 0.25) is 0 Å². The molecule has 0 spiro atoms.